The Morgan fingerprint density at radius 3 is 2.69 bits per heavy atom. The summed E-state index contributed by atoms with van der Waals surface area (Å²) in [6.45, 7) is 1.66. The highest BCUT2D eigenvalue weighted by Crippen LogP contribution is 2.43. The summed E-state index contributed by atoms with van der Waals surface area (Å²) in [5, 5.41) is 4.13. The molecule has 10 heteroatoms. The zero-order chi connectivity index (χ0) is 22.6. The zero-order valence-electron chi connectivity index (χ0n) is 17.6. The highest BCUT2D eigenvalue weighted by molar-refractivity contribution is 6.19. The fourth-order valence-electron chi connectivity index (χ4n) is 4.86. The SMILES string of the molecule is COC1CCCc2oc(C3=C(C)NC4C(c5ccccc5)C(C(F)(F)F)NN4C3=O)nc21. The first-order chi connectivity index (χ1) is 15.3. The standard InChI is InChI=1S/C22H23F3N4O3/c1-11-15(20-27-17-13(31-2)9-6-10-14(17)32-20)21(30)29-19(26-11)16(12-7-4-3-5-8-12)18(28-29)22(23,24)25/h3-5,7-8,13,16,18-19,26,28H,6,9-10H2,1-2H3. The zero-order valence-corrected chi connectivity index (χ0v) is 17.6. The van der Waals surface area contributed by atoms with Gasteiger partial charge in [0, 0.05) is 19.2 Å². The van der Waals surface area contributed by atoms with E-state index in [2.05, 4.69) is 15.7 Å². The number of allylic oxidation sites excluding steroid dienone is 1. The van der Waals surface area contributed by atoms with Gasteiger partial charge in [-0.15, -0.1) is 0 Å². The highest BCUT2D eigenvalue weighted by atomic mass is 19.4. The first-order valence-electron chi connectivity index (χ1n) is 10.5. The molecule has 3 heterocycles. The number of aryl methyl sites for hydroxylation is 1. The van der Waals surface area contributed by atoms with Crippen molar-refractivity contribution in [2.45, 2.75) is 56.6 Å². The maximum atomic E-state index is 13.9. The Bertz CT molecular complexity index is 1070. The number of halogens is 3. The number of oxazole rings is 1. The number of carbonyl (C=O) groups excluding carboxylic acids is 1. The Morgan fingerprint density at radius 2 is 2.00 bits per heavy atom. The molecule has 1 fully saturated rings. The average Bonchev–Trinajstić information content (AvgIpc) is 3.36. The second-order valence-corrected chi connectivity index (χ2v) is 8.29. The van der Waals surface area contributed by atoms with Gasteiger partial charge in [0.1, 0.15) is 35.3 Å². The number of amides is 1. The van der Waals surface area contributed by atoms with Gasteiger partial charge < -0.3 is 14.5 Å². The molecule has 170 valence electrons. The quantitative estimate of drug-likeness (QED) is 0.749. The predicted octanol–water partition coefficient (Wildman–Crippen LogP) is 3.42. The van der Waals surface area contributed by atoms with E-state index in [0.717, 1.165) is 17.9 Å². The average molecular weight is 448 g/mol. The van der Waals surface area contributed by atoms with Gasteiger partial charge in [-0.3, -0.25) is 4.79 Å². The van der Waals surface area contributed by atoms with Crippen LogP contribution in [0.4, 0.5) is 13.2 Å². The molecule has 0 saturated carbocycles. The van der Waals surface area contributed by atoms with Gasteiger partial charge in [-0.2, -0.15) is 13.2 Å². The van der Waals surface area contributed by atoms with Crippen LogP contribution < -0.4 is 10.7 Å². The Balaban J connectivity index is 1.54. The van der Waals surface area contributed by atoms with Gasteiger partial charge in [-0.1, -0.05) is 30.3 Å². The van der Waals surface area contributed by atoms with Crippen molar-refractivity contribution in [3.63, 3.8) is 0 Å². The number of benzene rings is 1. The van der Waals surface area contributed by atoms with Crippen LogP contribution in [0.5, 0.6) is 0 Å². The van der Waals surface area contributed by atoms with E-state index in [4.69, 9.17) is 9.15 Å². The van der Waals surface area contributed by atoms with Crippen LogP contribution in [-0.4, -0.2) is 41.4 Å². The van der Waals surface area contributed by atoms with Crippen LogP contribution in [0.25, 0.3) is 5.57 Å². The lowest BCUT2D eigenvalue weighted by Crippen LogP contribution is -2.54. The molecule has 4 atom stereocenters. The molecule has 2 aromatic rings. The molecular formula is C22H23F3N4O3. The van der Waals surface area contributed by atoms with E-state index >= 15 is 0 Å². The molecule has 2 aliphatic heterocycles. The van der Waals surface area contributed by atoms with E-state index < -0.39 is 30.2 Å². The number of methoxy groups -OCH3 is 1. The Kier molecular flexibility index (Phi) is 5.01. The molecule has 5 rings (SSSR count). The van der Waals surface area contributed by atoms with Crippen molar-refractivity contribution < 1.29 is 27.1 Å². The van der Waals surface area contributed by atoms with E-state index in [-0.39, 0.29) is 17.6 Å². The van der Waals surface area contributed by atoms with Crippen LogP contribution in [0.2, 0.25) is 0 Å². The van der Waals surface area contributed by atoms with E-state index in [9.17, 15) is 18.0 Å². The normalized spacial score (nSPS) is 27.9. The molecule has 1 aliphatic carbocycles. The Hall–Kier alpha value is -2.85. The summed E-state index contributed by atoms with van der Waals surface area (Å²) in [4.78, 5) is 17.9. The van der Waals surface area contributed by atoms with Crippen molar-refractivity contribution >= 4 is 11.5 Å². The number of hydrogen-bond acceptors (Lipinski definition) is 6. The fourth-order valence-corrected chi connectivity index (χ4v) is 4.86. The first-order valence-corrected chi connectivity index (χ1v) is 10.5. The van der Waals surface area contributed by atoms with Crippen LogP contribution in [0.3, 0.4) is 0 Å². The van der Waals surface area contributed by atoms with E-state index in [0.29, 0.717) is 29.1 Å². The van der Waals surface area contributed by atoms with Gasteiger partial charge in [0.25, 0.3) is 5.91 Å². The summed E-state index contributed by atoms with van der Waals surface area (Å²) in [6.07, 6.45) is -3.35. The summed E-state index contributed by atoms with van der Waals surface area (Å²) in [5.41, 5.74) is 4.08. The van der Waals surface area contributed by atoms with Crippen molar-refractivity contribution in [1.82, 2.24) is 20.7 Å². The minimum Gasteiger partial charge on any atom is -0.440 e. The lowest BCUT2D eigenvalue weighted by atomic mass is 9.89. The largest absolute Gasteiger partial charge is 0.440 e. The first kappa shape index (κ1) is 21.0. The molecule has 2 N–H and O–H groups in total. The molecule has 7 nitrogen and oxygen atoms in total. The number of fused-ring (bicyclic) bond motifs is 2. The Morgan fingerprint density at radius 1 is 1.25 bits per heavy atom. The number of ether oxygens (including phenoxy) is 1. The molecule has 0 spiro atoms. The Labute approximate surface area is 182 Å². The molecule has 4 unspecified atom stereocenters. The third kappa shape index (κ3) is 3.29. The molecule has 1 saturated heterocycles. The van der Waals surface area contributed by atoms with Crippen LogP contribution in [-0.2, 0) is 16.0 Å². The maximum absolute atomic E-state index is 13.9. The number of aromatic nitrogens is 1. The number of alkyl halides is 3. The van der Waals surface area contributed by atoms with Crippen molar-refractivity contribution in [1.29, 1.82) is 0 Å². The number of hydrogen-bond donors (Lipinski definition) is 2. The topological polar surface area (TPSA) is 79.6 Å². The molecule has 0 radical (unpaired) electrons. The second kappa shape index (κ2) is 7.63. The van der Waals surface area contributed by atoms with Gasteiger partial charge in [0.2, 0.25) is 5.89 Å². The van der Waals surface area contributed by atoms with Gasteiger partial charge >= 0.3 is 6.18 Å². The fraction of sp³-hybridized carbons (Fsp3) is 0.455. The smallest absolute Gasteiger partial charge is 0.406 e. The molecule has 0 bridgehead atoms. The van der Waals surface area contributed by atoms with Crippen LogP contribution in [0.15, 0.2) is 40.4 Å². The van der Waals surface area contributed by atoms with Crippen LogP contribution in [0, 0.1) is 0 Å². The van der Waals surface area contributed by atoms with Crippen molar-refractivity contribution in [3.8, 4) is 0 Å². The summed E-state index contributed by atoms with van der Waals surface area (Å²) in [7, 11) is 1.59. The minimum atomic E-state index is -4.55. The maximum Gasteiger partial charge on any atom is 0.406 e. The molecule has 1 aromatic carbocycles. The van der Waals surface area contributed by atoms with Crippen molar-refractivity contribution in [2.24, 2.45) is 0 Å². The molecular weight excluding hydrogens is 425 g/mol. The van der Waals surface area contributed by atoms with Crippen molar-refractivity contribution in [2.75, 3.05) is 7.11 Å². The lowest BCUT2D eigenvalue weighted by Gasteiger charge is -2.34. The second-order valence-electron chi connectivity index (χ2n) is 8.29. The minimum absolute atomic E-state index is 0.0981. The van der Waals surface area contributed by atoms with Crippen LogP contribution >= 0.6 is 0 Å². The van der Waals surface area contributed by atoms with E-state index in [1.807, 2.05) is 0 Å². The van der Waals surface area contributed by atoms with Gasteiger partial charge in [0.05, 0.1) is 5.92 Å². The molecule has 32 heavy (non-hydrogen) atoms. The third-order valence-corrected chi connectivity index (χ3v) is 6.37. The van der Waals surface area contributed by atoms with Crippen LogP contribution in [0.1, 0.15) is 54.7 Å². The van der Waals surface area contributed by atoms with Gasteiger partial charge in [0.15, 0.2) is 0 Å². The van der Waals surface area contributed by atoms with Crippen molar-refractivity contribution in [3.05, 3.63) is 58.9 Å². The van der Waals surface area contributed by atoms with Gasteiger partial charge in [-0.25, -0.2) is 15.4 Å². The lowest BCUT2D eigenvalue weighted by molar-refractivity contribution is -0.161. The molecule has 1 amide bonds. The number of carbonyl (C=O) groups is 1. The van der Waals surface area contributed by atoms with E-state index in [1.165, 1.54) is 0 Å². The number of hydrazine groups is 1. The summed E-state index contributed by atoms with van der Waals surface area (Å²) >= 11 is 0. The number of rotatable bonds is 3. The molecule has 3 aliphatic rings. The number of nitrogens with zero attached hydrogens (tertiary/aromatic N) is 2. The summed E-state index contributed by atoms with van der Waals surface area (Å²) in [5.74, 6) is -0.877. The number of nitrogens with one attached hydrogen (secondary N) is 2. The predicted molar refractivity (Wildman–Crippen MR) is 108 cm³/mol. The third-order valence-electron chi connectivity index (χ3n) is 6.37. The molecule has 1 aromatic heterocycles. The summed E-state index contributed by atoms with van der Waals surface area (Å²) < 4.78 is 53.1. The highest BCUT2D eigenvalue weighted by Gasteiger charge is 2.58. The summed E-state index contributed by atoms with van der Waals surface area (Å²) in [6, 6.07) is 6.48. The van der Waals surface area contributed by atoms with E-state index in [1.54, 1.807) is 44.4 Å². The van der Waals surface area contributed by atoms with Gasteiger partial charge in [-0.05, 0) is 25.3 Å². The monoisotopic (exact) mass is 448 g/mol.